The van der Waals surface area contributed by atoms with Gasteiger partial charge >= 0.3 is 0 Å². The first-order valence-electron chi connectivity index (χ1n) is 6.32. The van der Waals surface area contributed by atoms with Crippen molar-refractivity contribution in [2.24, 2.45) is 5.73 Å². The number of hydrogen-bond acceptors (Lipinski definition) is 2. The quantitative estimate of drug-likeness (QED) is 0.905. The summed E-state index contributed by atoms with van der Waals surface area (Å²) in [5.74, 6) is -0.0872. The van der Waals surface area contributed by atoms with Crippen molar-refractivity contribution in [1.82, 2.24) is 0 Å². The fraction of sp³-hybridized carbons (Fsp3) is 0.250. The summed E-state index contributed by atoms with van der Waals surface area (Å²) in [6.45, 7) is 2.44. The Bertz CT molecular complexity index is 542. The first-order chi connectivity index (χ1) is 9.13. The van der Waals surface area contributed by atoms with Crippen LogP contribution in [0.15, 0.2) is 53.0 Å². The first kappa shape index (κ1) is 14.3. The van der Waals surface area contributed by atoms with E-state index in [4.69, 9.17) is 5.73 Å². The molecule has 19 heavy (non-hydrogen) atoms. The van der Waals surface area contributed by atoms with Gasteiger partial charge in [-0.2, -0.15) is 0 Å². The number of halogens is 1. The third-order valence-electron chi connectivity index (χ3n) is 3.40. The molecule has 0 aliphatic rings. The smallest absolute Gasteiger partial charge is 0.0871 e. The van der Waals surface area contributed by atoms with Gasteiger partial charge in [-0.3, -0.25) is 0 Å². The fourth-order valence-corrected chi connectivity index (χ4v) is 2.57. The SMILES string of the molecule is Cc1ccc(C(O)C(CN)c2ccccc2)cc1Br. The van der Waals surface area contributed by atoms with Crippen LogP contribution in [-0.4, -0.2) is 11.7 Å². The van der Waals surface area contributed by atoms with Crippen molar-refractivity contribution in [3.05, 3.63) is 69.7 Å². The Hall–Kier alpha value is -1.16. The fourth-order valence-electron chi connectivity index (χ4n) is 2.17. The maximum absolute atomic E-state index is 10.5. The first-order valence-corrected chi connectivity index (χ1v) is 7.12. The topological polar surface area (TPSA) is 46.2 Å². The Morgan fingerprint density at radius 2 is 1.79 bits per heavy atom. The van der Waals surface area contributed by atoms with Crippen LogP contribution in [0.25, 0.3) is 0 Å². The van der Waals surface area contributed by atoms with Crippen LogP contribution < -0.4 is 5.73 Å². The molecule has 2 aromatic rings. The highest BCUT2D eigenvalue weighted by atomic mass is 79.9. The van der Waals surface area contributed by atoms with Crippen molar-refractivity contribution in [2.45, 2.75) is 18.9 Å². The lowest BCUT2D eigenvalue weighted by Crippen LogP contribution is -2.20. The minimum atomic E-state index is -0.593. The Kier molecular flexibility index (Phi) is 4.75. The van der Waals surface area contributed by atoms with Crippen LogP contribution in [0.5, 0.6) is 0 Å². The van der Waals surface area contributed by atoms with Crippen LogP contribution >= 0.6 is 15.9 Å². The van der Waals surface area contributed by atoms with Gasteiger partial charge in [-0.1, -0.05) is 58.4 Å². The molecular weight excluding hydrogens is 302 g/mol. The van der Waals surface area contributed by atoms with Gasteiger partial charge in [-0.05, 0) is 29.7 Å². The second-order valence-corrected chi connectivity index (χ2v) is 5.56. The van der Waals surface area contributed by atoms with Crippen molar-refractivity contribution in [3.63, 3.8) is 0 Å². The number of benzene rings is 2. The van der Waals surface area contributed by atoms with Gasteiger partial charge in [-0.25, -0.2) is 0 Å². The molecule has 0 heterocycles. The largest absolute Gasteiger partial charge is 0.388 e. The van der Waals surface area contributed by atoms with Crippen LogP contribution in [0.1, 0.15) is 28.7 Å². The Morgan fingerprint density at radius 3 is 2.37 bits per heavy atom. The molecule has 2 nitrogen and oxygen atoms in total. The summed E-state index contributed by atoms with van der Waals surface area (Å²) >= 11 is 3.50. The minimum Gasteiger partial charge on any atom is -0.388 e. The predicted octanol–water partition coefficient (Wildman–Crippen LogP) is 3.53. The van der Waals surface area contributed by atoms with E-state index in [-0.39, 0.29) is 5.92 Å². The van der Waals surface area contributed by atoms with Gasteiger partial charge < -0.3 is 10.8 Å². The molecule has 3 N–H and O–H groups in total. The second-order valence-electron chi connectivity index (χ2n) is 4.71. The lowest BCUT2D eigenvalue weighted by atomic mass is 9.89. The zero-order valence-corrected chi connectivity index (χ0v) is 12.5. The summed E-state index contributed by atoms with van der Waals surface area (Å²) in [5.41, 5.74) is 8.94. The van der Waals surface area contributed by atoms with E-state index in [1.807, 2.05) is 55.5 Å². The maximum Gasteiger partial charge on any atom is 0.0871 e. The molecule has 0 amide bonds. The van der Waals surface area contributed by atoms with Gasteiger partial charge in [0, 0.05) is 16.9 Å². The van der Waals surface area contributed by atoms with Gasteiger partial charge in [0.25, 0.3) is 0 Å². The zero-order chi connectivity index (χ0) is 13.8. The average Bonchev–Trinajstić information content (AvgIpc) is 2.44. The van der Waals surface area contributed by atoms with Gasteiger partial charge in [-0.15, -0.1) is 0 Å². The molecule has 2 aromatic carbocycles. The summed E-state index contributed by atoms with van der Waals surface area (Å²) in [6.07, 6.45) is -0.593. The summed E-state index contributed by atoms with van der Waals surface area (Å²) in [7, 11) is 0. The summed E-state index contributed by atoms with van der Waals surface area (Å²) in [6, 6.07) is 15.8. The van der Waals surface area contributed by atoms with Crippen LogP contribution in [0.3, 0.4) is 0 Å². The molecular formula is C16H18BrNO. The Morgan fingerprint density at radius 1 is 1.11 bits per heavy atom. The van der Waals surface area contributed by atoms with Crippen molar-refractivity contribution in [3.8, 4) is 0 Å². The number of aliphatic hydroxyl groups excluding tert-OH is 1. The van der Waals surface area contributed by atoms with Crippen molar-refractivity contribution in [1.29, 1.82) is 0 Å². The molecule has 0 radical (unpaired) electrons. The van der Waals surface area contributed by atoms with Crippen LogP contribution in [0.4, 0.5) is 0 Å². The lowest BCUT2D eigenvalue weighted by molar-refractivity contribution is 0.147. The van der Waals surface area contributed by atoms with Crippen molar-refractivity contribution >= 4 is 15.9 Å². The molecule has 2 rings (SSSR count). The molecule has 2 atom stereocenters. The molecule has 0 bridgehead atoms. The van der Waals surface area contributed by atoms with E-state index in [0.29, 0.717) is 6.54 Å². The highest BCUT2D eigenvalue weighted by molar-refractivity contribution is 9.10. The third kappa shape index (κ3) is 3.24. The molecule has 0 saturated carbocycles. The second kappa shape index (κ2) is 6.33. The van der Waals surface area contributed by atoms with E-state index in [9.17, 15) is 5.11 Å². The highest BCUT2D eigenvalue weighted by Crippen LogP contribution is 2.32. The Balaban J connectivity index is 2.30. The molecule has 100 valence electrons. The zero-order valence-electron chi connectivity index (χ0n) is 10.9. The van der Waals surface area contributed by atoms with Gasteiger partial charge in [0.1, 0.15) is 0 Å². The number of aliphatic hydroxyl groups is 1. The van der Waals surface area contributed by atoms with E-state index < -0.39 is 6.10 Å². The molecule has 0 fully saturated rings. The van der Waals surface area contributed by atoms with Gasteiger partial charge in [0.15, 0.2) is 0 Å². The standard InChI is InChI=1S/C16H18BrNO/c1-11-7-8-13(9-15(11)17)16(19)14(10-18)12-5-3-2-4-6-12/h2-9,14,16,19H,10,18H2,1H3. The molecule has 0 aliphatic carbocycles. The maximum atomic E-state index is 10.5. The number of rotatable bonds is 4. The summed E-state index contributed by atoms with van der Waals surface area (Å²) < 4.78 is 1.01. The van der Waals surface area contributed by atoms with Crippen molar-refractivity contribution in [2.75, 3.05) is 6.54 Å². The number of nitrogens with two attached hydrogens (primary N) is 1. The number of aryl methyl sites for hydroxylation is 1. The average molecular weight is 320 g/mol. The summed E-state index contributed by atoms with van der Waals surface area (Å²) in [5, 5.41) is 10.5. The molecule has 2 unspecified atom stereocenters. The van der Waals surface area contributed by atoms with Gasteiger partial charge in [0.2, 0.25) is 0 Å². The summed E-state index contributed by atoms with van der Waals surface area (Å²) in [4.78, 5) is 0. The molecule has 0 aromatic heterocycles. The third-order valence-corrected chi connectivity index (χ3v) is 4.25. The van der Waals surface area contributed by atoms with E-state index in [1.54, 1.807) is 0 Å². The van der Waals surface area contributed by atoms with E-state index in [0.717, 1.165) is 21.2 Å². The van der Waals surface area contributed by atoms with E-state index >= 15 is 0 Å². The van der Waals surface area contributed by atoms with Crippen LogP contribution in [0, 0.1) is 6.92 Å². The normalized spacial score (nSPS) is 14.1. The molecule has 0 aliphatic heterocycles. The molecule has 3 heteroatoms. The highest BCUT2D eigenvalue weighted by Gasteiger charge is 2.21. The van der Waals surface area contributed by atoms with Crippen molar-refractivity contribution < 1.29 is 5.11 Å². The van der Waals surface area contributed by atoms with E-state index in [2.05, 4.69) is 15.9 Å². The number of hydrogen-bond donors (Lipinski definition) is 2. The van der Waals surface area contributed by atoms with Gasteiger partial charge in [0.05, 0.1) is 6.10 Å². The molecule has 0 spiro atoms. The van der Waals surface area contributed by atoms with Crippen LogP contribution in [0.2, 0.25) is 0 Å². The lowest BCUT2D eigenvalue weighted by Gasteiger charge is -2.22. The van der Waals surface area contributed by atoms with Crippen LogP contribution in [-0.2, 0) is 0 Å². The monoisotopic (exact) mass is 319 g/mol. The molecule has 0 saturated heterocycles. The Labute approximate surface area is 122 Å². The minimum absolute atomic E-state index is 0.0872. The predicted molar refractivity (Wildman–Crippen MR) is 82.1 cm³/mol. The van der Waals surface area contributed by atoms with E-state index in [1.165, 1.54) is 0 Å².